The third-order valence-corrected chi connectivity index (χ3v) is 4.14. The molecule has 0 spiro atoms. The molecule has 0 aliphatic heterocycles. The molecule has 1 rings (SSSR count). The summed E-state index contributed by atoms with van der Waals surface area (Å²) in [5.41, 5.74) is 0. The van der Waals surface area contributed by atoms with E-state index in [1.807, 2.05) is 25.1 Å². The second kappa shape index (κ2) is 8.47. The van der Waals surface area contributed by atoms with Crippen molar-refractivity contribution in [3.8, 4) is 0 Å². The first-order valence-electron chi connectivity index (χ1n) is 5.30. The van der Waals surface area contributed by atoms with Gasteiger partial charge in [0.25, 0.3) is 0 Å². The third kappa shape index (κ3) is 6.02. The summed E-state index contributed by atoms with van der Waals surface area (Å²) in [7, 11) is 3.40. The van der Waals surface area contributed by atoms with Crippen LogP contribution in [0.15, 0.2) is 29.4 Å². The molecule has 0 aromatic carbocycles. The van der Waals surface area contributed by atoms with Crippen LogP contribution in [-0.2, 0) is 4.79 Å². The quantitative estimate of drug-likeness (QED) is 0.601. The molecule has 1 aromatic heterocycles. The standard InChI is InChI=1S/C11H16N2OS2/c1-2-12-10(14)6-5-9-15-16-11-7-3-4-8-13-11/h3-4,7-8H,2,5-6,9H2,1H3,(H,12,14). The lowest BCUT2D eigenvalue weighted by molar-refractivity contribution is -0.120. The number of nitrogens with zero attached hydrogens (tertiary/aromatic N) is 1. The monoisotopic (exact) mass is 256 g/mol. The van der Waals surface area contributed by atoms with Gasteiger partial charge in [-0.05, 0) is 36.3 Å². The van der Waals surface area contributed by atoms with Crippen LogP contribution in [0.2, 0.25) is 0 Å². The number of nitrogens with one attached hydrogen (secondary N) is 1. The second-order valence-electron chi connectivity index (χ2n) is 3.13. The van der Waals surface area contributed by atoms with Gasteiger partial charge >= 0.3 is 0 Å². The Kier molecular flexibility index (Phi) is 7.09. The molecule has 1 heterocycles. The van der Waals surface area contributed by atoms with Gasteiger partial charge in [0.2, 0.25) is 5.91 Å². The van der Waals surface area contributed by atoms with Gasteiger partial charge in [-0.25, -0.2) is 4.98 Å². The van der Waals surface area contributed by atoms with Crippen LogP contribution in [0.5, 0.6) is 0 Å². The van der Waals surface area contributed by atoms with Gasteiger partial charge in [-0.2, -0.15) is 0 Å². The smallest absolute Gasteiger partial charge is 0.220 e. The summed E-state index contributed by atoms with van der Waals surface area (Å²) >= 11 is 0. The summed E-state index contributed by atoms with van der Waals surface area (Å²) in [5, 5.41) is 3.81. The van der Waals surface area contributed by atoms with Crippen LogP contribution >= 0.6 is 21.6 Å². The van der Waals surface area contributed by atoms with Crippen LogP contribution in [0, 0.1) is 0 Å². The summed E-state index contributed by atoms with van der Waals surface area (Å²) in [5.74, 6) is 1.11. The van der Waals surface area contributed by atoms with Crippen molar-refractivity contribution in [2.45, 2.75) is 24.8 Å². The van der Waals surface area contributed by atoms with Crippen LogP contribution < -0.4 is 5.32 Å². The summed E-state index contributed by atoms with van der Waals surface area (Å²) in [4.78, 5) is 15.3. The average Bonchev–Trinajstić information content (AvgIpc) is 2.30. The zero-order chi connectivity index (χ0) is 11.6. The number of amides is 1. The highest BCUT2D eigenvalue weighted by atomic mass is 33.1. The van der Waals surface area contributed by atoms with Crippen molar-refractivity contribution in [2.75, 3.05) is 12.3 Å². The Hall–Kier alpha value is -0.680. The maximum atomic E-state index is 11.1. The molecule has 1 amide bonds. The molecule has 0 unspecified atom stereocenters. The van der Waals surface area contributed by atoms with E-state index in [2.05, 4.69) is 10.3 Å². The first-order chi connectivity index (χ1) is 7.83. The lowest BCUT2D eigenvalue weighted by Gasteiger charge is -2.01. The Morgan fingerprint density at radius 3 is 3.06 bits per heavy atom. The molecule has 0 fully saturated rings. The topological polar surface area (TPSA) is 42.0 Å². The van der Waals surface area contributed by atoms with Crippen LogP contribution in [0.3, 0.4) is 0 Å². The van der Waals surface area contributed by atoms with Gasteiger partial charge < -0.3 is 5.32 Å². The van der Waals surface area contributed by atoms with E-state index >= 15 is 0 Å². The highest BCUT2D eigenvalue weighted by Crippen LogP contribution is 2.29. The van der Waals surface area contributed by atoms with Gasteiger partial charge in [-0.15, -0.1) is 0 Å². The molecule has 0 aliphatic rings. The zero-order valence-corrected chi connectivity index (χ0v) is 10.9. The Morgan fingerprint density at radius 1 is 1.50 bits per heavy atom. The number of aromatic nitrogens is 1. The van der Waals surface area contributed by atoms with Crippen molar-refractivity contribution < 1.29 is 4.79 Å². The summed E-state index contributed by atoms with van der Waals surface area (Å²) in [6.07, 6.45) is 3.32. The summed E-state index contributed by atoms with van der Waals surface area (Å²) < 4.78 is 0. The molecular weight excluding hydrogens is 240 g/mol. The van der Waals surface area contributed by atoms with E-state index in [4.69, 9.17) is 0 Å². The molecule has 1 N–H and O–H groups in total. The number of rotatable bonds is 7. The lowest BCUT2D eigenvalue weighted by Crippen LogP contribution is -2.22. The van der Waals surface area contributed by atoms with Crippen molar-refractivity contribution in [1.29, 1.82) is 0 Å². The van der Waals surface area contributed by atoms with E-state index in [1.165, 1.54) is 0 Å². The number of carbonyl (C=O) groups excluding carboxylic acids is 1. The molecule has 88 valence electrons. The molecular formula is C11H16N2OS2. The maximum Gasteiger partial charge on any atom is 0.220 e. The predicted molar refractivity (Wildman–Crippen MR) is 70.5 cm³/mol. The van der Waals surface area contributed by atoms with Gasteiger partial charge in [0, 0.05) is 24.9 Å². The minimum absolute atomic E-state index is 0.144. The Morgan fingerprint density at radius 2 is 2.38 bits per heavy atom. The van der Waals surface area contributed by atoms with Crippen LogP contribution in [0.25, 0.3) is 0 Å². The molecule has 0 atom stereocenters. The molecule has 0 saturated heterocycles. The predicted octanol–water partition coefficient (Wildman–Crippen LogP) is 2.74. The summed E-state index contributed by atoms with van der Waals surface area (Å²) in [6, 6.07) is 5.87. The molecule has 0 bridgehead atoms. The molecule has 3 nitrogen and oxygen atoms in total. The van der Waals surface area contributed by atoms with Crippen LogP contribution in [0.4, 0.5) is 0 Å². The van der Waals surface area contributed by atoms with E-state index in [0.29, 0.717) is 13.0 Å². The Bertz CT molecular complexity index is 306. The largest absolute Gasteiger partial charge is 0.356 e. The van der Waals surface area contributed by atoms with E-state index in [1.54, 1.807) is 27.8 Å². The summed E-state index contributed by atoms with van der Waals surface area (Å²) in [6.45, 7) is 2.65. The number of carbonyl (C=O) groups is 1. The Balaban J connectivity index is 2.02. The Labute approximate surface area is 104 Å². The molecule has 1 aromatic rings. The van der Waals surface area contributed by atoms with Crippen molar-refractivity contribution in [1.82, 2.24) is 10.3 Å². The maximum absolute atomic E-state index is 11.1. The molecule has 0 aliphatic carbocycles. The van der Waals surface area contributed by atoms with Gasteiger partial charge in [-0.1, -0.05) is 16.9 Å². The van der Waals surface area contributed by atoms with Crippen LogP contribution in [-0.4, -0.2) is 23.2 Å². The normalized spacial score (nSPS) is 10.1. The van der Waals surface area contributed by atoms with Crippen LogP contribution in [0.1, 0.15) is 19.8 Å². The highest BCUT2D eigenvalue weighted by Gasteiger charge is 1.99. The highest BCUT2D eigenvalue weighted by molar-refractivity contribution is 8.76. The fourth-order valence-electron chi connectivity index (χ4n) is 1.08. The van der Waals surface area contributed by atoms with Gasteiger partial charge in [0.15, 0.2) is 0 Å². The molecule has 0 saturated carbocycles. The van der Waals surface area contributed by atoms with E-state index in [9.17, 15) is 4.79 Å². The third-order valence-electron chi connectivity index (χ3n) is 1.79. The first-order valence-corrected chi connectivity index (χ1v) is 7.62. The fourth-order valence-corrected chi connectivity index (χ4v) is 3.04. The average molecular weight is 256 g/mol. The van der Waals surface area contributed by atoms with E-state index < -0.39 is 0 Å². The van der Waals surface area contributed by atoms with Crippen molar-refractivity contribution in [3.05, 3.63) is 24.4 Å². The van der Waals surface area contributed by atoms with Gasteiger partial charge in [0.05, 0.1) is 0 Å². The zero-order valence-electron chi connectivity index (χ0n) is 9.31. The number of pyridine rings is 1. The molecule has 16 heavy (non-hydrogen) atoms. The number of hydrogen-bond donors (Lipinski definition) is 1. The number of hydrogen-bond acceptors (Lipinski definition) is 4. The van der Waals surface area contributed by atoms with Crippen molar-refractivity contribution >= 4 is 27.5 Å². The van der Waals surface area contributed by atoms with E-state index in [-0.39, 0.29) is 5.91 Å². The SMILES string of the molecule is CCNC(=O)CCCSSc1ccccn1. The molecule has 5 heteroatoms. The first kappa shape index (κ1) is 13.4. The second-order valence-corrected chi connectivity index (χ2v) is 5.57. The van der Waals surface area contributed by atoms with E-state index in [0.717, 1.165) is 17.2 Å². The minimum atomic E-state index is 0.144. The van der Waals surface area contributed by atoms with Gasteiger partial charge in [-0.3, -0.25) is 4.79 Å². The van der Waals surface area contributed by atoms with Crippen molar-refractivity contribution in [2.24, 2.45) is 0 Å². The van der Waals surface area contributed by atoms with Crippen molar-refractivity contribution in [3.63, 3.8) is 0 Å². The molecule has 0 radical (unpaired) electrons. The lowest BCUT2D eigenvalue weighted by atomic mass is 10.3. The minimum Gasteiger partial charge on any atom is -0.356 e. The fraction of sp³-hybridized carbons (Fsp3) is 0.455. The van der Waals surface area contributed by atoms with Gasteiger partial charge in [0.1, 0.15) is 5.03 Å².